The van der Waals surface area contributed by atoms with Gasteiger partial charge >= 0.3 is 0 Å². The Balaban J connectivity index is 1.21. The van der Waals surface area contributed by atoms with Crippen LogP contribution in [-0.2, 0) is 6.54 Å². The predicted molar refractivity (Wildman–Crippen MR) is 153 cm³/mol. The summed E-state index contributed by atoms with van der Waals surface area (Å²) in [6.45, 7) is 1.88. The van der Waals surface area contributed by atoms with E-state index in [4.69, 9.17) is 0 Å². The Morgan fingerprint density at radius 2 is 1.72 bits per heavy atom. The third-order valence-electron chi connectivity index (χ3n) is 7.86. The zero-order chi connectivity index (χ0) is 26.2. The molecule has 4 heterocycles. The van der Waals surface area contributed by atoms with Gasteiger partial charge in [0.15, 0.2) is 5.65 Å². The van der Waals surface area contributed by atoms with E-state index in [9.17, 15) is 4.39 Å². The first kappa shape index (κ1) is 23.7. The zero-order valence-corrected chi connectivity index (χ0v) is 21.5. The van der Waals surface area contributed by atoms with Crippen molar-refractivity contribution in [2.75, 3.05) is 6.54 Å². The van der Waals surface area contributed by atoms with Crippen molar-refractivity contribution in [2.45, 2.75) is 32.2 Å². The summed E-state index contributed by atoms with van der Waals surface area (Å²) in [6, 6.07) is 19.1. The lowest BCUT2D eigenvalue weighted by molar-refractivity contribution is 0.489. The minimum absolute atomic E-state index is 0.239. The normalized spacial score (nSPS) is 14.1. The van der Waals surface area contributed by atoms with Crippen molar-refractivity contribution in [1.82, 2.24) is 30.5 Å². The molecule has 0 aliphatic heterocycles. The van der Waals surface area contributed by atoms with Crippen molar-refractivity contribution in [1.29, 1.82) is 0 Å². The van der Waals surface area contributed by atoms with Crippen LogP contribution in [0.3, 0.4) is 0 Å². The van der Waals surface area contributed by atoms with Gasteiger partial charge in [-0.15, -0.1) is 0 Å². The van der Waals surface area contributed by atoms with E-state index in [-0.39, 0.29) is 5.82 Å². The maximum Gasteiger partial charge on any atom is 0.155 e. The quantitative estimate of drug-likeness (QED) is 0.209. The third kappa shape index (κ3) is 4.59. The lowest BCUT2D eigenvalue weighted by Crippen LogP contribution is -2.20. The van der Waals surface area contributed by atoms with E-state index in [1.165, 1.54) is 31.7 Å². The number of nitrogens with zero attached hydrogens (tertiary/aromatic N) is 3. The first-order chi connectivity index (χ1) is 19.2. The number of rotatable bonds is 7. The molecule has 2 aromatic carbocycles. The highest BCUT2D eigenvalue weighted by Crippen LogP contribution is 2.35. The van der Waals surface area contributed by atoms with E-state index >= 15 is 0 Å². The van der Waals surface area contributed by atoms with Crippen LogP contribution in [0.5, 0.6) is 0 Å². The second-order valence-electron chi connectivity index (χ2n) is 10.5. The van der Waals surface area contributed by atoms with Gasteiger partial charge in [0.1, 0.15) is 11.5 Å². The lowest BCUT2D eigenvalue weighted by Gasteiger charge is -2.11. The van der Waals surface area contributed by atoms with Crippen molar-refractivity contribution in [2.24, 2.45) is 5.92 Å². The van der Waals surface area contributed by atoms with Gasteiger partial charge in [-0.1, -0.05) is 43.2 Å². The summed E-state index contributed by atoms with van der Waals surface area (Å²) >= 11 is 0. The first-order valence-electron chi connectivity index (χ1n) is 13.6. The molecule has 3 N–H and O–H groups in total. The van der Waals surface area contributed by atoms with Crippen molar-refractivity contribution in [3.8, 4) is 33.6 Å². The molecule has 0 bridgehead atoms. The number of pyridine rings is 2. The van der Waals surface area contributed by atoms with Crippen molar-refractivity contribution < 1.29 is 4.39 Å². The fourth-order valence-corrected chi connectivity index (χ4v) is 5.84. The predicted octanol–water partition coefficient (Wildman–Crippen LogP) is 7.25. The summed E-state index contributed by atoms with van der Waals surface area (Å²) in [6.07, 6.45) is 11.1. The molecule has 7 heteroatoms. The molecule has 0 amide bonds. The number of H-pyrrole nitrogens is 2. The minimum Gasteiger partial charge on any atom is -0.353 e. The van der Waals surface area contributed by atoms with E-state index in [2.05, 4.69) is 42.6 Å². The summed E-state index contributed by atoms with van der Waals surface area (Å²) < 4.78 is 14.6. The molecule has 1 aliphatic rings. The Labute approximate surface area is 225 Å². The minimum atomic E-state index is -0.239. The van der Waals surface area contributed by atoms with E-state index in [1.54, 1.807) is 6.07 Å². The monoisotopic (exact) mass is 516 g/mol. The van der Waals surface area contributed by atoms with Gasteiger partial charge in [-0.05, 0) is 66.8 Å². The van der Waals surface area contributed by atoms with Crippen LogP contribution in [0.1, 0.15) is 31.2 Å². The molecule has 194 valence electrons. The molecule has 6 aromatic rings. The van der Waals surface area contributed by atoms with Gasteiger partial charge in [-0.3, -0.25) is 10.1 Å². The number of aromatic amines is 2. The molecular weight excluding hydrogens is 487 g/mol. The number of benzene rings is 2. The molecule has 1 aliphatic carbocycles. The number of hydrogen-bond donors (Lipinski definition) is 3. The average molecular weight is 517 g/mol. The van der Waals surface area contributed by atoms with Crippen molar-refractivity contribution in [3.63, 3.8) is 0 Å². The second-order valence-corrected chi connectivity index (χ2v) is 10.5. The molecule has 0 atom stereocenters. The van der Waals surface area contributed by atoms with Crippen molar-refractivity contribution in [3.05, 3.63) is 90.6 Å². The van der Waals surface area contributed by atoms with Crippen molar-refractivity contribution >= 4 is 21.9 Å². The summed E-state index contributed by atoms with van der Waals surface area (Å²) in [4.78, 5) is 12.6. The largest absolute Gasteiger partial charge is 0.353 e. The van der Waals surface area contributed by atoms with Crippen LogP contribution < -0.4 is 5.32 Å². The lowest BCUT2D eigenvalue weighted by atomic mass is 10.0. The summed E-state index contributed by atoms with van der Waals surface area (Å²) in [7, 11) is 0. The van der Waals surface area contributed by atoms with Crippen LogP contribution in [-0.4, -0.2) is 31.7 Å². The summed E-state index contributed by atoms with van der Waals surface area (Å²) in [5, 5.41) is 13.1. The van der Waals surface area contributed by atoms with Gasteiger partial charge in [-0.2, -0.15) is 5.10 Å². The molecule has 0 saturated heterocycles. The maximum atomic E-state index is 14.6. The number of halogens is 1. The zero-order valence-electron chi connectivity index (χ0n) is 21.5. The number of aromatic nitrogens is 5. The molecule has 0 radical (unpaired) electrons. The molecule has 1 fully saturated rings. The van der Waals surface area contributed by atoms with Gasteiger partial charge in [0.25, 0.3) is 0 Å². The van der Waals surface area contributed by atoms with Gasteiger partial charge in [0, 0.05) is 58.1 Å². The molecule has 0 spiro atoms. The van der Waals surface area contributed by atoms with Crippen LogP contribution in [0.4, 0.5) is 4.39 Å². The molecule has 1 saturated carbocycles. The number of fused-ring (bicyclic) bond motifs is 2. The van der Waals surface area contributed by atoms with Gasteiger partial charge in [-0.25, -0.2) is 9.37 Å². The van der Waals surface area contributed by atoms with Crippen LogP contribution in [0.25, 0.3) is 55.6 Å². The average Bonchev–Trinajstić information content (AvgIpc) is 3.73. The van der Waals surface area contributed by atoms with E-state index < -0.39 is 0 Å². The standard InChI is InChI=1S/C32H29FN6/c33-28-10-4-3-8-25(28)24-9-5-11-29-26(24)14-30(37-29)31-27-13-23(19-36-32(27)39-38-31)22-12-21(17-35-18-22)16-34-15-20-6-1-2-7-20/h3-5,8-14,17-20,34,37H,1-2,6-7,15-16H2,(H,36,38,39). The van der Waals surface area contributed by atoms with Gasteiger partial charge in [0.05, 0.1) is 5.69 Å². The first-order valence-corrected chi connectivity index (χ1v) is 13.6. The highest BCUT2D eigenvalue weighted by atomic mass is 19.1. The van der Waals surface area contributed by atoms with E-state index in [0.29, 0.717) is 11.2 Å². The molecule has 0 unspecified atom stereocenters. The SMILES string of the molecule is Fc1ccccc1-c1cccc2[nH]c(-c3n[nH]c4ncc(-c5cncc(CNCC6CCCC6)c5)cc34)cc12. The van der Waals surface area contributed by atoms with Crippen LogP contribution in [0.15, 0.2) is 79.3 Å². The Morgan fingerprint density at radius 1 is 0.872 bits per heavy atom. The Morgan fingerprint density at radius 3 is 2.62 bits per heavy atom. The van der Waals surface area contributed by atoms with Crippen LogP contribution in [0, 0.1) is 11.7 Å². The number of nitrogens with one attached hydrogen (secondary N) is 3. The fraction of sp³-hybridized carbons (Fsp3) is 0.219. The van der Waals surface area contributed by atoms with E-state index in [0.717, 1.165) is 68.9 Å². The molecule has 4 aromatic heterocycles. The molecular formula is C32H29FN6. The molecule has 6 nitrogen and oxygen atoms in total. The van der Waals surface area contributed by atoms with Gasteiger partial charge in [0.2, 0.25) is 0 Å². The smallest absolute Gasteiger partial charge is 0.155 e. The Bertz CT molecular complexity index is 1780. The molecule has 39 heavy (non-hydrogen) atoms. The highest BCUT2D eigenvalue weighted by Gasteiger charge is 2.17. The Kier molecular flexibility index (Phi) is 6.13. The summed E-state index contributed by atoms with van der Waals surface area (Å²) in [5.74, 6) is 0.566. The topological polar surface area (TPSA) is 82.3 Å². The Hall–Kier alpha value is -4.36. The summed E-state index contributed by atoms with van der Waals surface area (Å²) in [5.41, 5.74) is 7.85. The third-order valence-corrected chi connectivity index (χ3v) is 7.86. The van der Waals surface area contributed by atoms with Gasteiger partial charge < -0.3 is 10.3 Å². The second kappa shape index (κ2) is 10.1. The number of hydrogen-bond acceptors (Lipinski definition) is 4. The molecule has 7 rings (SSSR count). The maximum absolute atomic E-state index is 14.6. The van der Waals surface area contributed by atoms with Crippen LogP contribution in [0.2, 0.25) is 0 Å². The highest BCUT2D eigenvalue weighted by molar-refractivity contribution is 6.01. The van der Waals surface area contributed by atoms with Crippen LogP contribution >= 0.6 is 0 Å². The van der Waals surface area contributed by atoms with E-state index in [1.807, 2.05) is 55.0 Å². The fourth-order valence-electron chi connectivity index (χ4n) is 5.84.